The number of nitrogens with zero attached hydrogens (tertiary/aromatic N) is 3. The van der Waals surface area contributed by atoms with Crippen molar-refractivity contribution in [3.8, 4) is 0 Å². The van der Waals surface area contributed by atoms with E-state index >= 15 is 0 Å². The van der Waals surface area contributed by atoms with E-state index in [-0.39, 0.29) is 0 Å². The molecule has 0 radical (unpaired) electrons. The fourth-order valence-corrected chi connectivity index (χ4v) is 5.16. The third kappa shape index (κ3) is 3.88. The monoisotopic (exact) mass is 341 g/mol. The third-order valence-electron chi connectivity index (χ3n) is 5.60. The lowest BCUT2D eigenvalue weighted by Gasteiger charge is -2.48. The van der Waals surface area contributed by atoms with Gasteiger partial charge in [-0.1, -0.05) is 30.3 Å². The molecule has 1 aromatic carbocycles. The molecular formula is C20H27N3S. The topological polar surface area (TPSA) is 19.4 Å². The predicted molar refractivity (Wildman–Crippen MR) is 100 cm³/mol. The Hall–Kier alpha value is -1.23. The molecule has 0 saturated carbocycles. The number of piperidine rings is 2. The maximum Gasteiger partial charge on any atom is 0.0795 e. The van der Waals surface area contributed by atoms with Crippen LogP contribution in [0.1, 0.15) is 36.9 Å². The molecule has 0 amide bonds. The van der Waals surface area contributed by atoms with E-state index < -0.39 is 0 Å². The van der Waals surface area contributed by atoms with E-state index in [9.17, 15) is 0 Å². The van der Waals surface area contributed by atoms with Gasteiger partial charge in [0, 0.05) is 31.6 Å². The van der Waals surface area contributed by atoms with Gasteiger partial charge in [-0.3, -0.25) is 9.80 Å². The minimum absolute atomic E-state index is 0.501. The average molecular weight is 342 g/mol. The quantitative estimate of drug-likeness (QED) is 0.837. The highest BCUT2D eigenvalue weighted by molar-refractivity contribution is 7.07. The van der Waals surface area contributed by atoms with Gasteiger partial charge in [0.15, 0.2) is 0 Å². The second kappa shape index (κ2) is 7.34. The van der Waals surface area contributed by atoms with E-state index in [0.29, 0.717) is 5.41 Å². The molecule has 0 N–H and O–H groups in total. The van der Waals surface area contributed by atoms with Crippen LogP contribution in [0.2, 0.25) is 0 Å². The van der Waals surface area contributed by atoms with Crippen molar-refractivity contribution in [1.82, 2.24) is 14.8 Å². The third-order valence-corrected chi connectivity index (χ3v) is 6.23. The van der Waals surface area contributed by atoms with Crippen LogP contribution in [0.3, 0.4) is 0 Å². The minimum atomic E-state index is 0.501. The van der Waals surface area contributed by atoms with Crippen molar-refractivity contribution in [1.29, 1.82) is 0 Å². The molecule has 2 aliphatic heterocycles. The summed E-state index contributed by atoms with van der Waals surface area (Å²) in [6, 6.07) is 10.9. The summed E-state index contributed by atoms with van der Waals surface area (Å²) in [6.45, 7) is 7.13. The summed E-state index contributed by atoms with van der Waals surface area (Å²) in [5, 5.41) is 2.20. The molecule has 2 aromatic rings. The van der Waals surface area contributed by atoms with Gasteiger partial charge in [-0.25, -0.2) is 4.98 Å². The lowest BCUT2D eigenvalue weighted by molar-refractivity contribution is 0.00742. The van der Waals surface area contributed by atoms with Crippen molar-refractivity contribution in [2.75, 3.05) is 26.2 Å². The Morgan fingerprint density at radius 1 is 0.958 bits per heavy atom. The summed E-state index contributed by atoms with van der Waals surface area (Å²) in [5.41, 5.74) is 5.15. The molecule has 1 spiro atoms. The number of likely N-dealkylation sites (tertiary alicyclic amines) is 2. The molecule has 1 atom stereocenters. The molecule has 4 rings (SSSR count). The Kier molecular flexibility index (Phi) is 4.97. The summed E-state index contributed by atoms with van der Waals surface area (Å²) in [4.78, 5) is 9.81. The smallest absolute Gasteiger partial charge is 0.0795 e. The first-order chi connectivity index (χ1) is 11.8. The molecule has 3 heterocycles. The predicted octanol–water partition coefficient (Wildman–Crippen LogP) is 4.02. The lowest BCUT2D eigenvalue weighted by atomic mass is 9.73. The fraction of sp³-hybridized carbons (Fsp3) is 0.550. The zero-order valence-electron chi connectivity index (χ0n) is 14.4. The summed E-state index contributed by atoms with van der Waals surface area (Å²) in [5.74, 6) is 0. The van der Waals surface area contributed by atoms with Crippen LogP contribution in [0.5, 0.6) is 0 Å². The van der Waals surface area contributed by atoms with Gasteiger partial charge in [0.1, 0.15) is 0 Å². The second-order valence-corrected chi connectivity index (χ2v) is 8.31. The first-order valence-corrected chi connectivity index (χ1v) is 10.1. The maximum atomic E-state index is 4.48. The van der Waals surface area contributed by atoms with Crippen LogP contribution in [0.15, 0.2) is 41.2 Å². The van der Waals surface area contributed by atoms with E-state index in [2.05, 4.69) is 50.5 Å². The van der Waals surface area contributed by atoms with Gasteiger partial charge < -0.3 is 0 Å². The maximum absolute atomic E-state index is 4.48. The molecule has 1 aromatic heterocycles. The first kappa shape index (κ1) is 16.2. The summed E-state index contributed by atoms with van der Waals surface area (Å²) >= 11 is 1.71. The SMILES string of the molecule is c1ccc(CN2CCC[C@]3(CCCN(Cc4cscn4)C3)C2)cc1. The van der Waals surface area contributed by atoms with Gasteiger partial charge in [0.2, 0.25) is 0 Å². The highest BCUT2D eigenvalue weighted by Gasteiger charge is 2.39. The van der Waals surface area contributed by atoms with Crippen molar-refractivity contribution in [3.63, 3.8) is 0 Å². The van der Waals surface area contributed by atoms with Crippen LogP contribution in [0, 0.1) is 5.41 Å². The van der Waals surface area contributed by atoms with Crippen LogP contribution in [0.4, 0.5) is 0 Å². The van der Waals surface area contributed by atoms with Crippen molar-refractivity contribution in [2.24, 2.45) is 5.41 Å². The number of rotatable bonds is 4. The zero-order chi connectivity index (χ0) is 16.2. The Labute approximate surface area is 149 Å². The molecule has 0 aliphatic carbocycles. The first-order valence-electron chi connectivity index (χ1n) is 9.17. The minimum Gasteiger partial charge on any atom is -0.298 e. The van der Waals surface area contributed by atoms with E-state index in [1.807, 2.05) is 5.51 Å². The molecule has 24 heavy (non-hydrogen) atoms. The molecule has 0 bridgehead atoms. The molecule has 2 aliphatic rings. The van der Waals surface area contributed by atoms with Crippen LogP contribution < -0.4 is 0 Å². The average Bonchev–Trinajstić information content (AvgIpc) is 3.09. The van der Waals surface area contributed by atoms with Gasteiger partial charge in [0.05, 0.1) is 11.2 Å². The largest absolute Gasteiger partial charge is 0.298 e. The van der Waals surface area contributed by atoms with Crippen molar-refractivity contribution >= 4 is 11.3 Å². The van der Waals surface area contributed by atoms with E-state index in [0.717, 1.165) is 13.1 Å². The molecule has 2 saturated heterocycles. The number of benzene rings is 1. The number of hydrogen-bond acceptors (Lipinski definition) is 4. The summed E-state index contributed by atoms with van der Waals surface area (Å²) in [7, 11) is 0. The van der Waals surface area contributed by atoms with Crippen LogP contribution in [0.25, 0.3) is 0 Å². The lowest BCUT2D eigenvalue weighted by Crippen LogP contribution is -2.51. The highest BCUT2D eigenvalue weighted by atomic mass is 32.1. The zero-order valence-corrected chi connectivity index (χ0v) is 15.2. The molecule has 3 nitrogen and oxygen atoms in total. The number of aromatic nitrogens is 1. The fourth-order valence-electron chi connectivity index (χ4n) is 4.61. The standard InChI is InChI=1S/C20H27N3S/c1-2-6-18(7-3-1)12-22-10-4-8-20(15-22)9-5-11-23(16-20)13-19-14-24-17-21-19/h1-3,6-7,14,17H,4-5,8-13,15-16H2/t20-/m0/s1. The van der Waals surface area contributed by atoms with E-state index in [1.54, 1.807) is 11.3 Å². The van der Waals surface area contributed by atoms with Crippen molar-refractivity contribution in [3.05, 3.63) is 52.5 Å². The van der Waals surface area contributed by atoms with Gasteiger partial charge >= 0.3 is 0 Å². The van der Waals surface area contributed by atoms with Gasteiger partial charge in [-0.15, -0.1) is 11.3 Å². The molecule has 4 heteroatoms. The molecule has 128 valence electrons. The van der Waals surface area contributed by atoms with Crippen LogP contribution in [-0.2, 0) is 13.1 Å². The van der Waals surface area contributed by atoms with Crippen molar-refractivity contribution in [2.45, 2.75) is 38.8 Å². The Morgan fingerprint density at radius 2 is 1.67 bits per heavy atom. The Bertz CT molecular complexity index is 624. The summed E-state index contributed by atoms with van der Waals surface area (Å²) < 4.78 is 0. The summed E-state index contributed by atoms with van der Waals surface area (Å²) in [6.07, 6.45) is 5.47. The Balaban J connectivity index is 1.40. The number of thiazole rings is 1. The van der Waals surface area contributed by atoms with E-state index in [4.69, 9.17) is 0 Å². The molecule has 0 unspecified atom stereocenters. The second-order valence-electron chi connectivity index (χ2n) is 7.59. The van der Waals surface area contributed by atoms with E-state index in [1.165, 1.54) is 63.1 Å². The molecule has 2 fully saturated rings. The highest BCUT2D eigenvalue weighted by Crippen LogP contribution is 2.39. The van der Waals surface area contributed by atoms with Gasteiger partial charge in [-0.2, -0.15) is 0 Å². The van der Waals surface area contributed by atoms with Crippen molar-refractivity contribution < 1.29 is 0 Å². The van der Waals surface area contributed by atoms with Crippen LogP contribution >= 0.6 is 11.3 Å². The van der Waals surface area contributed by atoms with Gasteiger partial charge in [0.25, 0.3) is 0 Å². The van der Waals surface area contributed by atoms with Gasteiger partial charge in [-0.05, 0) is 49.8 Å². The number of hydrogen-bond donors (Lipinski definition) is 0. The van der Waals surface area contributed by atoms with Crippen LogP contribution in [-0.4, -0.2) is 41.0 Å². The normalized spacial score (nSPS) is 26.0. The Morgan fingerprint density at radius 3 is 2.33 bits per heavy atom. The molecular weight excluding hydrogens is 314 g/mol.